The number of hydrogen-bond acceptors (Lipinski definition) is 6. The van der Waals surface area contributed by atoms with E-state index in [0.29, 0.717) is 30.1 Å². The van der Waals surface area contributed by atoms with Gasteiger partial charge in [0.25, 0.3) is 15.9 Å². The van der Waals surface area contributed by atoms with E-state index < -0.39 is 26.0 Å². The van der Waals surface area contributed by atoms with Crippen LogP contribution in [0.3, 0.4) is 0 Å². The first kappa shape index (κ1) is 26.6. The lowest BCUT2D eigenvalue weighted by molar-refractivity contribution is 0.0946. The zero-order chi connectivity index (χ0) is 26.5. The summed E-state index contributed by atoms with van der Waals surface area (Å²) in [6, 6.07) is 19.2. The molecule has 11 heteroatoms. The Kier molecular flexibility index (Phi) is 8.16. The van der Waals surface area contributed by atoms with E-state index in [1.807, 2.05) is 0 Å². The fourth-order valence-electron chi connectivity index (χ4n) is 3.97. The van der Waals surface area contributed by atoms with E-state index in [1.165, 1.54) is 22.5 Å². The van der Waals surface area contributed by atoms with Crippen LogP contribution in [-0.2, 0) is 20.0 Å². The highest BCUT2D eigenvalue weighted by Crippen LogP contribution is 2.23. The Hall–Kier alpha value is -3.41. The number of anilines is 1. The van der Waals surface area contributed by atoms with Gasteiger partial charge in [-0.3, -0.25) is 9.52 Å². The van der Waals surface area contributed by atoms with Gasteiger partial charge in [-0.05, 0) is 73.9 Å². The molecule has 0 spiro atoms. The van der Waals surface area contributed by atoms with Gasteiger partial charge < -0.3 is 10.1 Å². The zero-order valence-corrected chi connectivity index (χ0v) is 22.0. The van der Waals surface area contributed by atoms with Gasteiger partial charge in [0.05, 0.1) is 16.3 Å². The van der Waals surface area contributed by atoms with Gasteiger partial charge in [-0.1, -0.05) is 24.3 Å². The number of nitrogens with one attached hydrogen (secondary N) is 2. The molecular weight excluding hydrogens is 514 g/mol. The van der Waals surface area contributed by atoms with Crippen LogP contribution in [0.2, 0.25) is 0 Å². The Morgan fingerprint density at radius 2 is 1.59 bits per heavy atom. The molecule has 3 aromatic carbocycles. The normalized spacial score (nSPS) is 14.3. The van der Waals surface area contributed by atoms with Crippen molar-refractivity contribution in [2.45, 2.75) is 29.6 Å². The van der Waals surface area contributed by atoms with E-state index in [4.69, 9.17) is 4.74 Å². The molecule has 196 valence electrons. The second-order valence-corrected chi connectivity index (χ2v) is 12.2. The van der Waals surface area contributed by atoms with Gasteiger partial charge in [-0.25, -0.2) is 16.8 Å². The minimum atomic E-state index is -3.88. The van der Waals surface area contributed by atoms with Gasteiger partial charge in [-0.2, -0.15) is 4.31 Å². The van der Waals surface area contributed by atoms with Gasteiger partial charge in [0.2, 0.25) is 10.0 Å². The van der Waals surface area contributed by atoms with Gasteiger partial charge in [0.1, 0.15) is 12.4 Å². The van der Waals surface area contributed by atoms with Crippen LogP contribution in [0.15, 0.2) is 82.6 Å². The molecule has 1 saturated heterocycles. The molecule has 0 atom stereocenters. The summed E-state index contributed by atoms with van der Waals surface area (Å²) in [6.07, 6.45) is 1.74. The Bertz CT molecular complexity index is 1450. The number of nitrogens with zero attached hydrogens (tertiary/aromatic N) is 1. The van der Waals surface area contributed by atoms with Gasteiger partial charge >= 0.3 is 0 Å². The molecule has 1 fully saturated rings. The second-order valence-electron chi connectivity index (χ2n) is 8.64. The molecule has 1 aliphatic rings. The van der Waals surface area contributed by atoms with Crippen molar-refractivity contribution in [3.8, 4) is 5.75 Å². The zero-order valence-electron chi connectivity index (χ0n) is 20.4. The maximum atomic E-state index is 12.9. The van der Waals surface area contributed by atoms with Crippen LogP contribution < -0.4 is 14.8 Å². The van der Waals surface area contributed by atoms with E-state index in [-0.39, 0.29) is 28.5 Å². The van der Waals surface area contributed by atoms with Crippen molar-refractivity contribution in [3.05, 3.63) is 83.9 Å². The first-order chi connectivity index (χ1) is 17.7. The molecule has 0 aliphatic carbocycles. The van der Waals surface area contributed by atoms with E-state index in [0.717, 1.165) is 12.8 Å². The molecule has 2 N–H and O–H groups in total. The van der Waals surface area contributed by atoms with Crippen molar-refractivity contribution in [2.24, 2.45) is 0 Å². The monoisotopic (exact) mass is 543 g/mol. The summed E-state index contributed by atoms with van der Waals surface area (Å²) in [6.45, 7) is 3.06. The number of para-hydroxylation sites is 1. The summed E-state index contributed by atoms with van der Waals surface area (Å²) >= 11 is 0. The quantitative estimate of drug-likeness (QED) is 0.378. The van der Waals surface area contributed by atoms with E-state index in [2.05, 4.69) is 10.0 Å². The topological polar surface area (TPSA) is 122 Å². The average Bonchev–Trinajstić information content (AvgIpc) is 3.43. The highest BCUT2D eigenvalue weighted by molar-refractivity contribution is 7.92. The highest BCUT2D eigenvalue weighted by atomic mass is 32.2. The maximum absolute atomic E-state index is 12.9. The highest BCUT2D eigenvalue weighted by Gasteiger charge is 2.27. The summed E-state index contributed by atoms with van der Waals surface area (Å²) in [5.41, 5.74) is 1.14. The molecule has 3 aromatic rings. The number of carbonyl (C=O) groups excluding carboxylic acids is 1. The van der Waals surface area contributed by atoms with Crippen LogP contribution in [0.1, 0.15) is 28.8 Å². The summed E-state index contributed by atoms with van der Waals surface area (Å²) in [4.78, 5) is 12.9. The Labute approximate surface area is 217 Å². The minimum absolute atomic E-state index is 0.0178. The molecule has 37 heavy (non-hydrogen) atoms. The summed E-state index contributed by atoms with van der Waals surface area (Å²) in [5.74, 6) is 0.0390. The number of amides is 1. The fraction of sp³-hybridized carbons (Fsp3) is 0.269. The predicted octanol–water partition coefficient (Wildman–Crippen LogP) is 3.39. The number of sulfonamides is 2. The number of hydrogen-bond donors (Lipinski definition) is 2. The second kappa shape index (κ2) is 11.3. The summed E-state index contributed by atoms with van der Waals surface area (Å²) in [5, 5.41) is 2.71. The number of ether oxygens (including phenoxy) is 1. The molecule has 1 heterocycles. The third-order valence-electron chi connectivity index (χ3n) is 5.95. The number of rotatable bonds is 10. The third-order valence-corrected chi connectivity index (χ3v) is 9.38. The molecule has 9 nitrogen and oxygen atoms in total. The van der Waals surface area contributed by atoms with Crippen molar-refractivity contribution in [1.29, 1.82) is 0 Å². The standard InChI is InChI=1S/C26H29N3O6S2/c1-20-9-10-21(19-25(20)36(31,32)28-22-7-3-2-4-8-22)26(30)27-15-18-35-23-11-13-24(14-12-23)37(33,34)29-16-5-6-17-29/h2-4,7-14,19,28H,5-6,15-18H2,1H3,(H,27,30). The molecule has 0 radical (unpaired) electrons. The molecule has 0 aromatic heterocycles. The number of benzene rings is 3. The van der Waals surface area contributed by atoms with Crippen LogP contribution in [0, 0.1) is 6.92 Å². The molecule has 4 rings (SSSR count). The lowest BCUT2D eigenvalue weighted by Gasteiger charge is -2.15. The molecular formula is C26H29N3O6S2. The summed E-state index contributed by atoms with van der Waals surface area (Å²) < 4.78 is 60.6. The van der Waals surface area contributed by atoms with Crippen molar-refractivity contribution in [1.82, 2.24) is 9.62 Å². The SMILES string of the molecule is Cc1ccc(C(=O)NCCOc2ccc(S(=O)(=O)N3CCCC3)cc2)cc1S(=O)(=O)Nc1ccccc1. The summed E-state index contributed by atoms with van der Waals surface area (Å²) in [7, 11) is -7.37. The maximum Gasteiger partial charge on any atom is 0.262 e. The minimum Gasteiger partial charge on any atom is -0.492 e. The van der Waals surface area contributed by atoms with Gasteiger partial charge in [0.15, 0.2) is 0 Å². The average molecular weight is 544 g/mol. The van der Waals surface area contributed by atoms with Crippen LogP contribution in [-0.4, -0.2) is 53.3 Å². The number of carbonyl (C=O) groups is 1. The van der Waals surface area contributed by atoms with Crippen LogP contribution in [0.4, 0.5) is 5.69 Å². The van der Waals surface area contributed by atoms with E-state index in [9.17, 15) is 21.6 Å². The molecule has 0 unspecified atom stereocenters. The molecule has 1 amide bonds. The van der Waals surface area contributed by atoms with Crippen LogP contribution in [0.25, 0.3) is 0 Å². The largest absolute Gasteiger partial charge is 0.492 e. The molecule has 0 saturated carbocycles. The van der Waals surface area contributed by atoms with Crippen molar-refractivity contribution in [3.63, 3.8) is 0 Å². The van der Waals surface area contributed by atoms with E-state index >= 15 is 0 Å². The lowest BCUT2D eigenvalue weighted by atomic mass is 10.1. The van der Waals surface area contributed by atoms with Gasteiger partial charge in [0, 0.05) is 24.3 Å². The fourth-order valence-corrected chi connectivity index (χ4v) is 6.82. The first-order valence-corrected chi connectivity index (χ1v) is 14.8. The van der Waals surface area contributed by atoms with Crippen LogP contribution in [0.5, 0.6) is 5.75 Å². The van der Waals surface area contributed by atoms with Crippen molar-refractivity contribution in [2.75, 3.05) is 31.0 Å². The van der Waals surface area contributed by atoms with Crippen molar-refractivity contribution < 1.29 is 26.4 Å². The van der Waals surface area contributed by atoms with Crippen LogP contribution >= 0.6 is 0 Å². The first-order valence-electron chi connectivity index (χ1n) is 11.9. The Balaban J connectivity index is 1.32. The molecule has 0 bridgehead atoms. The third kappa shape index (κ3) is 6.48. The van der Waals surface area contributed by atoms with E-state index in [1.54, 1.807) is 61.5 Å². The molecule has 1 aliphatic heterocycles. The van der Waals surface area contributed by atoms with Gasteiger partial charge in [-0.15, -0.1) is 0 Å². The predicted molar refractivity (Wildman–Crippen MR) is 141 cm³/mol. The Morgan fingerprint density at radius 1 is 0.919 bits per heavy atom. The number of aryl methyl sites for hydroxylation is 1. The Morgan fingerprint density at radius 3 is 2.27 bits per heavy atom. The van der Waals surface area contributed by atoms with Crippen molar-refractivity contribution >= 4 is 31.6 Å². The lowest BCUT2D eigenvalue weighted by Crippen LogP contribution is -2.28. The smallest absolute Gasteiger partial charge is 0.262 e.